The fourth-order valence-corrected chi connectivity index (χ4v) is 4.91. The fourth-order valence-electron chi connectivity index (χ4n) is 3.49. The van der Waals surface area contributed by atoms with E-state index in [2.05, 4.69) is 5.32 Å². The Morgan fingerprint density at radius 1 is 1.07 bits per heavy atom. The molecule has 2 aromatic rings. The van der Waals surface area contributed by atoms with Gasteiger partial charge in [-0.05, 0) is 49.2 Å². The molecule has 1 N–H and O–H groups in total. The van der Waals surface area contributed by atoms with E-state index in [0.29, 0.717) is 17.0 Å². The molecule has 1 fully saturated rings. The summed E-state index contributed by atoms with van der Waals surface area (Å²) in [7, 11) is -0.356. The monoisotopic (exact) mass is 402 g/mol. The van der Waals surface area contributed by atoms with Crippen molar-refractivity contribution >= 4 is 21.6 Å². The summed E-state index contributed by atoms with van der Waals surface area (Å²) in [4.78, 5) is 12.7. The fraction of sp³-hybridized carbons (Fsp3) is 0.381. The number of hydrogen-bond acceptors (Lipinski definition) is 4. The molecule has 1 amide bonds. The van der Waals surface area contributed by atoms with Crippen LogP contribution in [0.1, 0.15) is 42.5 Å². The first-order valence-electron chi connectivity index (χ1n) is 9.45. The number of benzene rings is 2. The Hall–Kier alpha value is -2.38. The van der Waals surface area contributed by atoms with Crippen molar-refractivity contribution in [3.8, 4) is 5.75 Å². The average molecular weight is 403 g/mol. The second-order valence-corrected chi connectivity index (χ2v) is 9.02. The van der Waals surface area contributed by atoms with E-state index in [-0.39, 0.29) is 16.8 Å². The second kappa shape index (κ2) is 8.75. The third-order valence-corrected chi connectivity index (χ3v) is 7.13. The molecule has 28 heavy (non-hydrogen) atoms. The zero-order valence-electron chi connectivity index (χ0n) is 16.2. The van der Waals surface area contributed by atoms with Crippen LogP contribution < -0.4 is 10.1 Å². The summed E-state index contributed by atoms with van der Waals surface area (Å²) in [6.45, 7) is 0. The molecule has 0 saturated heterocycles. The molecule has 0 spiro atoms. The first kappa shape index (κ1) is 20.4. The van der Waals surface area contributed by atoms with Gasteiger partial charge in [0, 0.05) is 30.4 Å². The van der Waals surface area contributed by atoms with Crippen LogP contribution in [0, 0.1) is 0 Å². The third-order valence-electron chi connectivity index (χ3n) is 5.21. The number of nitrogens with one attached hydrogen (secondary N) is 1. The maximum atomic E-state index is 12.9. The first-order valence-corrected chi connectivity index (χ1v) is 10.9. The highest BCUT2D eigenvalue weighted by Crippen LogP contribution is 2.26. The quantitative estimate of drug-likeness (QED) is 0.795. The number of amides is 1. The maximum Gasteiger partial charge on any atom is 0.255 e. The van der Waals surface area contributed by atoms with Crippen molar-refractivity contribution in [2.75, 3.05) is 19.5 Å². The minimum Gasteiger partial charge on any atom is -0.497 e. The van der Waals surface area contributed by atoms with Gasteiger partial charge >= 0.3 is 0 Å². The van der Waals surface area contributed by atoms with Crippen molar-refractivity contribution in [2.45, 2.75) is 43.0 Å². The molecule has 2 aromatic carbocycles. The molecule has 0 radical (unpaired) electrons. The number of anilines is 1. The molecule has 6 nitrogen and oxygen atoms in total. The molecule has 0 bridgehead atoms. The van der Waals surface area contributed by atoms with Crippen molar-refractivity contribution in [1.29, 1.82) is 0 Å². The van der Waals surface area contributed by atoms with Gasteiger partial charge in [-0.2, -0.15) is 4.31 Å². The predicted molar refractivity (Wildman–Crippen MR) is 109 cm³/mol. The normalized spacial score (nSPS) is 15.4. The second-order valence-electron chi connectivity index (χ2n) is 7.02. The van der Waals surface area contributed by atoms with Crippen molar-refractivity contribution in [1.82, 2.24) is 4.31 Å². The number of sulfonamides is 1. The lowest BCUT2D eigenvalue weighted by molar-refractivity contribution is 0.102. The van der Waals surface area contributed by atoms with Gasteiger partial charge in [0.25, 0.3) is 5.91 Å². The van der Waals surface area contributed by atoms with E-state index < -0.39 is 10.0 Å². The first-order chi connectivity index (χ1) is 13.4. The van der Waals surface area contributed by atoms with Crippen LogP contribution in [-0.4, -0.2) is 38.8 Å². The van der Waals surface area contributed by atoms with E-state index in [1.54, 1.807) is 38.4 Å². The molecule has 0 heterocycles. The molecule has 0 aliphatic heterocycles. The minimum absolute atomic E-state index is 0.0507. The highest BCUT2D eigenvalue weighted by atomic mass is 32.2. The lowest BCUT2D eigenvalue weighted by atomic mass is 9.96. The molecular formula is C21H26N2O4S. The summed E-state index contributed by atoms with van der Waals surface area (Å²) in [6, 6.07) is 13.2. The van der Waals surface area contributed by atoms with Gasteiger partial charge in [0.05, 0.1) is 12.0 Å². The van der Waals surface area contributed by atoms with Crippen LogP contribution in [0.4, 0.5) is 5.69 Å². The number of ether oxygens (including phenoxy) is 1. The van der Waals surface area contributed by atoms with Gasteiger partial charge in [-0.1, -0.05) is 25.3 Å². The summed E-state index contributed by atoms with van der Waals surface area (Å²) in [5.74, 6) is 0.336. The number of rotatable bonds is 6. The van der Waals surface area contributed by atoms with Crippen LogP contribution in [-0.2, 0) is 10.0 Å². The topological polar surface area (TPSA) is 75.7 Å². The summed E-state index contributed by atoms with van der Waals surface area (Å²) in [5.41, 5.74) is 1.00. The Labute approximate surface area is 166 Å². The highest BCUT2D eigenvalue weighted by molar-refractivity contribution is 7.89. The SMILES string of the molecule is COc1cccc(NC(=O)c2ccc(S(=O)(=O)N(C)C3CCCCC3)cc2)c1. The maximum absolute atomic E-state index is 12.9. The van der Waals surface area contributed by atoms with Crippen LogP contribution in [0.5, 0.6) is 5.75 Å². The molecule has 3 rings (SSSR count). The number of methoxy groups -OCH3 is 1. The van der Waals surface area contributed by atoms with Crippen LogP contribution in [0.25, 0.3) is 0 Å². The van der Waals surface area contributed by atoms with Gasteiger partial charge in [-0.3, -0.25) is 4.79 Å². The number of nitrogens with zero attached hydrogens (tertiary/aromatic N) is 1. The zero-order chi connectivity index (χ0) is 20.1. The van der Waals surface area contributed by atoms with E-state index in [1.807, 2.05) is 0 Å². The Morgan fingerprint density at radius 2 is 1.75 bits per heavy atom. The van der Waals surface area contributed by atoms with Gasteiger partial charge in [-0.25, -0.2) is 8.42 Å². The summed E-state index contributed by atoms with van der Waals surface area (Å²) in [6.07, 6.45) is 5.09. The summed E-state index contributed by atoms with van der Waals surface area (Å²) < 4.78 is 32.4. The average Bonchev–Trinajstić information content (AvgIpc) is 2.74. The molecule has 7 heteroatoms. The zero-order valence-corrected chi connectivity index (χ0v) is 17.0. The molecule has 0 aromatic heterocycles. The Bertz CT molecular complexity index is 920. The minimum atomic E-state index is -3.56. The van der Waals surface area contributed by atoms with Crippen molar-refractivity contribution in [3.63, 3.8) is 0 Å². The van der Waals surface area contributed by atoms with Crippen LogP contribution in [0.3, 0.4) is 0 Å². The van der Waals surface area contributed by atoms with Crippen molar-refractivity contribution in [3.05, 3.63) is 54.1 Å². The van der Waals surface area contributed by atoms with Gasteiger partial charge in [0.1, 0.15) is 5.75 Å². The standard InChI is InChI=1S/C21H26N2O4S/c1-23(18-8-4-3-5-9-18)28(25,26)20-13-11-16(12-14-20)21(24)22-17-7-6-10-19(15-17)27-2/h6-7,10-15,18H,3-5,8-9H2,1-2H3,(H,22,24). The highest BCUT2D eigenvalue weighted by Gasteiger charge is 2.29. The van der Waals surface area contributed by atoms with Crippen LogP contribution >= 0.6 is 0 Å². The van der Waals surface area contributed by atoms with Gasteiger partial charge < -0.3 is 10.1 Å². The molecule has 0 unspecified atom stereocenters. The van der Waals surface area contributed by atoms with Crippen molar-refractivity contribution in [2.24, 2.45) is 0 Å². The van der Waals surface area contributed by atoms with E-state index in [1.165, 1.54) is 35.0 Å². The van der Waals surface area contributed by atoms with Gasteiger partial charge in [-0.15, -0.1) is 0 Å². The lowest BCUT2D eigenvalue weighted by Crippen LogP contribution is -2.38. The largest absolute Gasteiger partial charge is 0.497 e. The predicted octanol–water partition coefficient (Wildman–Crippen LogP) is 3.90. The van der Waals surface area contributed by atoms with Crippen LogP contribution in [0.2, 0.25) is 0 Å². The Kier molecular flexibility index (Phi) is 6.36. The Balaban J connectivity index is 1.72. The smallest absolute Gasteiger partial charge is 0.255 e. The van der Waals surface area contributed by atoms with Gasteiger partial charge in [0.2, 0.25) is 10.0 Å². The lowest BCUT2D eigenvalue weighted by Gasteiger charge is -2.30. The van der Waals surface area contributed by atoms with Crippen LogP contribution in [0.15, 0.2) is 53.4 Å². The number of carbonyl (C=O) groups is 1. The van der Waals surface area contributed by atoms with Gasteiger partial charge in [0.15, 0.2) is 0 Å². The summed E-state index contributed by atoms with van der Waals surface area (Å²) >= 11 is 0. The summed E-state index contributed by atoms with van der Waals surface area (Å²) in [5, 5.41) is 2.79. The number of hydrogen-bond donors (Lipinski definition) is 1. The molecular weight excluding hydrogens is 376 g/mol. The third kappa shape index (κ3) is 4.54. The molecule has 1 aliphatic rings. The van der Waals surface area contributed by atoms with E-state index in [0.717, 1.165) is 25.7 Å². The van der Waals surface area contributed by atoms with Crippen molar-refractivity contribution < 1.29 is 17.9 Å². The number of carbonyl (C=O) groups excluding carboxylic acids is 1. The molecule has 150 valence electrons. The molecule has 1 aliphatic carbocycles. The molecule has 0 atom stereocenters. The van der Waals surface area contributed by atoms with E-state index >= 15 is 0 Å². The van der Waals surface area contributed by atoms with E-state index in [4.69, 9.17) is 4.74 Å². The Morgan fingerprint density at radius 3 is 2.39 bits per heavy atom. The molecule has 1 saturated carbocycles. The van der Waals surface area contributed by atoms with E-state index in [9.17, 15) is 13.2 Å².